The van der Waals surface area contributed by atoms with Gasteiger partial charge in [0.1, 0.15) is 11.5 Å². The van der Waals surface area contributed by atoms with Gasteiger partial charge in [0.15, 0.2) is 17.5 Å². The first-order chi connectivity index (χ1) is 16.5. The van der Waals surface area contributed by atoms with Crippen LogP contribution < -0.4 is 5.32 Å². The van der Waals surface area contributed by atoms with E-state index in [1.54, 1.807) is 0 Å². The van der Waals surface area contributed by atoms with Crippen LogP contribution in [-0.4, -0.2) is 54.0 Å². The zero-order chi connectivity index (χ0) is 23.2. The van der Waals surface area contributed by atoms with Crippen LogP contribution in [0.25, 0.3) is 21.3 Å². The standard InChI is InChI=1S/C25H27F3N4OS/c26-17-9-20(22(28)21(27)10-17)23-24-19(3-6-34-24)25(31-30-23)29-18-7-15-12-32(13-16(15)8-18)11-14-1-4-33-5-2-14/h3,6,9-10,14-16,18H,1-2,4-5,7-8,11-13H2,(H,29,31)/t15-,16+,18+. The second kappa shape index (κ2) is 9.09. The van der Waals surface area contributed by atoms with Gasteiger partial charge >= 0.3 is 0 Å². The molecule has 9 heteroatoms. The van der Waals surface area contributed by atoms with Gasteiger partial charge in [0.25, 0.3) is 0 Å². The minimum Gasteiger partial charge on any atom is -0.381 e. The molecule has 4 heterocycles. The van der Waals surface area contributed by atoms with Crippen molar-refractivity contribution in [3.8, 4) is 11.3 Å². The highest BCUT2D eigenvalue weighted by molar-refractivity contribution is 7.17. The highest BCUT2D eigenvalue weighted by Gasteiger charge is 2.41. The molecule has 0 bridgehead atoms. The highest BCUT2D eigenvalue weighted by Crippen LogP contribution is 2.41. The van der Waals surface area contributed by atoms with Crippen LogP contribution in [0.1, 0.15) is 25.7 Å². The first-order valence-electron chi connectivity index (χ1n) is 12.0. The monoisotopic (exact) mass is 488 g/mol. The summed E-state index contributed by atoms with van der Waals surface area (Å²) < 4.78 is 48.1. The van der Waals surface area contributed by atoms with Crippen molar-refractivity contribution < 1.29 is 17.9 Å². The summed E-state index contributed by atoms with van der Waals surface area (Å²) in [5.41, 5.74) is -0.0393. The van der Waals surface area contributed by atoms with Gasteiger partial charge in [0, 0.05) is 55.9 Å². The first-order valence-corrected chi connectivity index (χ1v) is 12.9. The summed E-state index contributed by atoms with van der Waals surface area (Å²) in [6, 6.07) is 3.72. The van der Waals surface area contributed by atoms with E-state index in [4.69, 9.17) is 4.74 Å². The van der Waals surface area contributed by atoms with Gasteiger partial charge in [0.2, 0.25) is 0 Å². The molecule has 2 aliphatic heterocycles. The fourth-order valence-electron chi connectivity index (χ4n) is 6.04. The molecule has 1 aromatic carbocycles. The number of halogens is 3. The molecule has 3 atom stereocenters. The molecule has 34 heavy (non-hydrogen) atoms. The van der Waals surface area contributed by atoms with Crippen molar-refractivity contribution in [1.29, 1.82) is 0 Å². The average Bonchev–Trinajstić information content (AvgIpc) is 3.53. The number of fused-ring (bicyclic) bond motifs is 2. The van der Waals surface area contributed by atoms with Crippen LogP contribution in [-0.2, 0) is 4.74 Å². The summed E-state index contributed by atoms with van der Waals surface area (Å²) in [7, 11) is 0. The van der Waals surface area contributed by atoms with E-state index >= 15 is 0 Å². The zero-order valence-corrected chi connectivity index (χ0v) is 19.6. The lowest BCUT2D eigenvalue weighted by molar-refractivity contribution is 0.0545. The van der Waals surface area contributed by atoms with Gasteiger partial charge in [-0.15, -0.1) is 21.5 Å². The molecule has 1 N–H and O–H groups in total. The summed E-state index contributed by atoms with van der Waals surface area (Å²) in [6.07, 6.45) is 4.53. The van der Waals surface area contributed by atoms with Gasteiger partial charge in [-0.25, -0.2) is 13.2 Å². The van der Waals surface area contributed by atoms with E-state index in [9.17, 15) is 13.2 Å². The number of benzene rings is 1. The quantitative estimate of drug-likeness (QED) is 0.493. The Morgan fingerprint density at radius 1 is 1.06 bits per heavy atom. The molecule has 2 aromatic heterocycles. The molecular formula is C25H27F3N4OS. The molecule has 5 nitrogen and oxygen atoms in total. The Balaban J connectivity index is 1.15. The summed E-state index contributed by atoms with van der Waals surface area (Å²) in [4.78, 5) is 2.64. The lowest BCUT2D eigenvalue weighted by atomic mass is 10.00. The molecule has 3 aromatic rings. The highest BCUT2D eigenvalue weighted by atomic mass is 32.1. The minimum atomic E-state index is -1.23. The smallest absolute Gasteiger partial charge is 0.168 e. The molecular weight excluding hydrogens is 461 g/mol. The minimum absolute atomic E-state index is 0.165. The van der Waals surface area contributed by atoms with Gasteiger partial charge in [-0.3, -0.25) is 0 Å². The van der Waals surface area contributed by atoms with E-state index in [0.29, 0.717) is 34.5 Å². The summed E-state index contributed by atoms with van der Waals surface area (Å²) in [5, 5.41) is 14.7. The molecule has 3 aliphatic rings. The molecule has 0 amide bonds. The number of thiophene rings is 1. The van der Waals surface area contributed by atoms with Crippen molar-refractivity contribution >= 4 is 27.2 Å². The first kappa shape index (κ1) is 22.2. The Bertz CT molecular complexity index is 1180. The van der Waals surface area contributed by atoms with Gasteiger partial charge < -0.3 is 15.0 Å². The molecule has 3 fully saturated rings. The van der Waals surface area contributed by atoms with E-state index < -0.39 is 17.5 Å². The fraction of sp³-hybridized carbons (Fsp3) is 0.520. The molecule has 0 spiro atoms. The summed E-state index contributed by atoms with van der Waals surface area (Å²) in [5.74, 6) is -0.392. The number of aromatic nitrogens is 2. The van der Waals surface area contributed by atoms with Crippen molar-refractivity contribution in [3.05, 3.63) is 41.0 Å². The maximum atomic E-state index is 14.4. The van der Waals surface area contributed by atoms with Crippen LogP contribution in [0.5, 0.6) is 0 Å². The lowest BCUT2D eigenvalue weighted by Crippen LogP contribution is -2.32. The van der Waals surface area contributed by atoms with Gasteiger partial charge in [-0.05, 0) is 60.9 Å². The van der Waals surface area contributed by atoms with E-state index in [0.717, 1.165) is 56.5 Å². The van der Waals surface area contributed by atoms with Crippen LogP contribution in [0.2, 0.25) is 0 Å². The largest absolute Gasteiger partial charge is 0.381 e. The molecule has 6 rings (SSSR count). The predicted octanol–water partition coefficient (Wildman–Crippen LogP) is 5.32. The van der Waals surface area contributed by atoms with Crippen molar-refractivity contribution in [2.45, 2.75) is 31.7 Å². The number of nitrogens with one attached hydrogen (secondary N) is 1. The van der Waals surface area contributed by atoms with E-state index in [1.807, 2.05) is 11.4 Å². The fourth-order valence-corrected chi connectivity index (χ4v) is 6.94. The average molecular weight is 489 g/mol. The normalized spacial score (nSPS) is 25.8. The maximum absolute atomic E-state index is 14.4. The van der Waals surface area contributed by atoms with Gasteiger partial charge in [0.05, 0.1) is 4.70 Å². The molecule has 1 saturated carbocycles. The predicted molar refractivity (Wildman–Crippen MR) is 126 cm³/mol. The number of ether oxygens (including phenoxy) is 1. The number of hydrogen-bond acceptors (Lipinski definition) is 6. The Morgan fingerprint density at radius 2 is 1.82 bits per heavy atom. The van der Waals surface area contributed by atoms with Crippen molar-refractivity contribution in [1.82, 2.24) is 15.1 Å². The van der Waals surface area contributed by atoms with E-state index in [-0.39, 0.29) is 11.3 Å². The number of likely N-dealkylation sites (tertiary alicyclic amines) is 1. The Morgan fingerprint density at radius 3 is 2.59 bits per heavy atom. The molecule has 0 radical (unpaired) electrons. The Kier molecular flexibility index (Phi) is 5.95. The Hall–Kier alpha value is -2.23. The number of anilines is 1. The maximum Gasteiger partial charge on any atom is 0.168 e. The van der Waals surface area contributed by atoms with Crippen molar-refractivity contribution in [3.63, 3.8) is 0 Å². The van der Waals surface area contributed by atoms with Crippen LogP contribution in [0.15, 0.2) is 23.6 Å². The summed E-state index contributed by atoms with van der Waals surface area (Å²) >= 11 is 1.37. The third-order valence-corrected chi connectivity index (χ3v) is 8.58. The topological polar surface area (TPSA) is 50.3 Å². The van der Waals surface area contributed by atoms with Crippen molar-refractivity contribution in [2.75, 3.05) is 38.2 Å². The molecule has 1 aliphatic carbocycles. The van der Waals surface area contributed by atoms with Crippen molar-refractivity contribution in [2.24, 2.45) is 17.8 Å². The SMILES string of the molecule is Fc1cc(F)c(F)c(-c2nnc(N[C@H]3C[C@@H]4CN(CC5CCOCC5)C[C@@H]4C3)c3ccsc23)c1. The lowest BCUT2D eigenvalue weighted by Gasteiger charge is -2.27. The number of rotatable bonds is 5. The number of nitrogens with zero attached hydrogens (tertiary/aromatic N) is 3. The van der Waals surface area contributed by atoms with Crippen LogP contribution in [0.4, 0.5) is 19.0 Å². The van der Waals surface area contributed by atoms with E-state index in [1.165, 1.54) is 30.7 Å². The summed E-state index contributed by atoms with van der Waals surface area (Å²) in [6.45, 7) is 5.30. The number of hydrogen-bond donors (Lipinski definition) is 1. The van der Waals surface area contributed by atoms with Crippen LogP contribution in [0, 0.1) is 35.2 Å². The zero-order valence-electron chi connectivity index (χ0n) is 18.8. The second-order valence-corrected chi connectivity index (χ2v) is 10.8. The van der Waals surface area contributed by atoms with Gasteiger partial charge in [-0.2, -0.15) is 0 Å². The molecule has 2 saturated heterocycles. The third kappa shape index (κ3) is 4.18. The van der Waals surface area contributed by atoms with Crippen LogP contribution in [0.3, 0.4) is 0 Å². The van der Waals surface area contributed by atoms with E-state index in [2.05, 4.69) is 20.4 Å². The second-order valence-electron chi connectivity index (χ2n) is 9.92. The van der Waals surface area contributed by atoms with Gasteiger partial charge in [-0.1, -0.05) is 0 Å². The van der Waals surface area contributed by atoms with Crippen LogP contribution >= 0.6 is 11.3 Å². The molecule has 0 unspecified atom stereocenters. The Labute approximate surface area is 200 Å². The third-order valence-electron chi connectivity index (χ3n) is 7.66. The molecule has 180 valence electrons.